The maximum atomic E-state index is 11.8. The van der Waals surface area contributed by atoms with Gasteiger partial charge in [0.1, 0.15) is 0 Å². The van der Waals surface area contributed by atoms with Crippen molar-refractivity contribution >= 4 is 34.8 Å². The Morgan fingerprint density at radius 1 is 1.33 bits per heavy atom. The van der Waals surface area contributed by atoms with Crippen molar-refractivity contribution in [1.29, 1.82) is 0 Å². The molecule has 0 aliphatic heterocycles. The average molecular weight is 289 g/mol. The zero-order valence-corrected chi connectivity index (χ0v) is 12.2. The van der Waals surface area contributed by atoms with Gasteiger partial charge in [0.2, 0.25) is 5.91 Å². The van der Waals surface area contributed by atoms with Gasteiger partial charge in [-0.2, -0.15) is 0 Å². The third kappa shape index (κ3) is 4.75. The largest absolute Gasteiger partial charge is 0.376 e. The minimum absolute atomic E-state index is 0.0644. The Kier molecular flexibility index (Phi) is 6.30. The van der Waals surface area contributed by atoms with Crippen LogP contribution in [0.2, 0.25) is 10.0 Å². The molecule has 0 saturated carbocycles. The van der Waals surface area contributed by atoms with Crippen LogP contribution in [0.15, 0.2) is 18.2 Å². The van der Waals surface area contributed by atoms with Gasteiger partial charge in [-0.25, -0.2) is 0 Å². The summed E-state index contributed by atoms with van der Waals surface area (Å²) in [5.41, 5.74) is 0.793. The Hall–Kier alpha value is -0.930. The number of nitrogens with zero attached hydrogens (tertiary/aromatic N) is 1. The van der Waals surface area contributed by atoms with Crippen molar-refractivity contribution in [2.75, 3.05) is 25.5 Å². The second kappa shape index (κ2) is 7.49. The number of unbranched alkanes of at least 4 members (excludes halogenated alkanes) is 1. The third-order valence-corrected chi connectivity index (χ3v) is 3.38. The number of rotatable bonds is 6. The van der Waals surface area contributed by atoms with Crippen molar-refractivity contribution in [2.24, 2.45) is 0 Å². The van der Waals surface area contributed by atoms with Crippen LogP contribution in [0, 0.1) is 0 Å². The molecule has 0 bridgehead atoms. The van der Waals surface area contributed by atoms with Gasteiger partial charge in [-0.1, -0.05) is 36.5 Å². The van der Waals surface area contributed by atoms with Gasteiger partial charge in [-0.15, -0.1) is 0 Å². The summed E-state index contributed by atoms with van der Waals surface area (Å²) in [6.45, 7) is 3.16. The van der Waals surface area contributed by atoms with Crippen LogP contribution in [-0.2, 0) is 4.79 Å². The van der Waals surface area contributed by atoms with Crippen molar-refractivity contribution in [3.05, 3.63) is 28.2 Å². The van der Waals surface area contributed by atoms with E-state index in [1.54, 1.807) is 23.1 Å². The minimum Gasteiger partial charge on any atom is -0.376 e. The monoisotopic (exact) mass is 288 g/mol. The Morgan fingerprint density at radius 3 is 2.67 bits per heavy atom. The van der Waals surface area contributed by atoms with Crippen molar-refractivity contribution in [1.82, 2.24) is 4.90 Å². The number of halogens is 2. The molecule has 0 spiro atoms. The summed E-state index contributed by atoms with van der Waals surface area (Å²) in [6, 6.07) is 5.22. The fraction of sp³-hybridized carbons (Fsp3) is 0.462. The summed E-state index contributed by atoms with van der Waals surface area (Å²) in [4.78, 5) is 13.5. The highest BCUT2D eigenvalue weighted by atomic mass is 35.5. The van der Waals surface area contributed by atoms with Gasteiger partial charge >= 0.3 is 0 Å². The van der Waals surface area contributed by atoms with Crippen LogP contribution in [0.1, 0.15) is 19.8 Å². The first-order chi connectivity index (χ1) is 8.54. The smallest absolute Gasteiger partial charge is 0.241 e. The van der Waals surface area contributed by atoms with Crippen molar-refractivity contribution < 1.29 is 4.79 Å². The summed E-state index contributed by atoms with van der Waals surface area (Å²) in [6.07, 6.45) is 2.10. The molecule has 0 heterocycles. The third-order valence-electron chi connectivity index (χ3n) is 2.64. The lowest BCUT2D eigenvalue weighted by Gasteiger charge is -2.17. The van der Waals surface area contributed by atoms with Gasteiger partial charge in [0, 0.05) is 19.3 Å². The number of hydrogen-bond donors (Lipinski definition) is 1. The Morgan fingerprint density at radius 2 is 2.06 bits per heavy atom. The van der Waals surface area contributed by atoms with E-state index in [4.69, 9.17) is 23.2 Å². The number of carbonyl (C=O) groups is 1. The molecule has 0 aliphatic rings. The molecule has 0 unspecified atom stereocenters. The second-order valence-corrected chi connectivity index (χ2v) is 4.97. The predicted octanol–water partition coefficient (Wildman–Crippen LogP) is 3.66. The van der Waals surface area contributed by atoms with Crippen LogP contribution >= 0.6 is 23.2 Å². The van der Waals surface area contributed by atoms with Crippen LogP contribution in [0.4, 0.5) is 5.69 Å². The van der Waals surface area contributed by atoms with E-state index in [0.717, 1.165) is 25.1 Å². The first-order valence-corrected chi connectivity index (χ1v) is 6.73. The lowest BCUT2D eigenvalue weighted by molar-refractivity contribution is -0.128. The van der Waals surface area contributed by atoms with Crippen molar-refractivity contribution in [2.45, 2.75) is 19.8 Å². The topological polar surface area (TPSA) is 32.3 Å². The van der Waals surface area contributed by atoms with E-state index < -0.39 is 0 Å². The highest BCUT2D eigenvalue weighted by Gasteiger charge is 2.07. The van der Waals surface area contributed by atoms with E-state index in [1.807, 2.05) is 7.05 Å². The molecule has 0 aliphatic carbocycles. The fourth-order valence-corrected chi connectivity index (χ4v) is 1.74. The molecule has 5 heteroatoms. The first kappa shape index (κ1) is 15.1. The molecule has 18 heavy (non-hydrogen) atoms. The van der Waals surface area contributed by atoms with E-state index in [-0.39, 0.29) is 12.5 Å². The van der Waals surface area contributed by atoms with Crippen molar-refractivity contribution in [3.63, 3.8) is 0 Å². The average Bonchev–Trinajstić information content (AvgIpc) is 2.36. The second-order valence-electron chi connectivity index (χ2n) is 4.15. The lowest BCUT2D eigenvalue weighted by Crippen LogP contribution is -2.32. The van der Waals surface area contributed by atoms with E-state index in [0.29, 0.717) is 10.0 Å². The number of hydrogen-bond acceptors (Lipinski definition) is 2. The predicted molar refractivity (Wildman–Crippen MR) is 77.5 cm³/mol. The summed E-state index contributed by atoms with van der Waals surface area (Å²) in [5.74, 6) is 0.0644. The molecule has 0 atom stereocenters. The van der Waals surface area contributed by atoms with E-state index in [1.165, 1.54) is 0 Å². The zero-order chi connectivity index (χ0) is 13.5. The van der Waals surface area contributed by atoms with Gasteiger partial charge in [0.25, 0.3) is 0 Å². The van der Waals surface area contributed by atoms with Gasteiger partial charge in [-0.3, -0.25) is 4.79 Å². The quantitative estimate of drug-likeness (QED) is 0.866. The molecule has 100 valence electrons. The number of benzene rings is 1. The van der Waals surface area contributed by atoms with Gasteiger partial charge < -0.3 is 10.2 Å². The Labute approximate surface area is 118 Å². The number of likely N-dealkylation sites (N-methyl/N-ethyl adjacent to an activating group) is 1. The van der Waals surface area contributed by atoms with E-state index in [2.05, 4.69) is 12.2 Å². The SMILES string of the molecule is CCCCN(C)C(=O)CNc1ccc(Cl)c(Cl)c1. The summed E-state index contributed by atoms with van der Waals surface area (Å²) in [5, 5.41) is 4.02. The maximum absolute atomic E-state index is 11.8. The van der Waals surface area contributed by atoms with Crippen LogP contribution in [-0.4, -0.2) is 30.9 Å². The molecule has 1 aromatic carbocycles. The molecule has 1 aromatic rings. The highest BCUT2D eigenvalue weighted by molar-refractivity contribution is 6.42. The lowest BCUT2D eigenvalue weighted by atomic mass is 10.3. The molecular formula is C13H18Cl2N2O. The molecule has 0 fully saturated rings. The maximum Gasteiger partial charge on any atom is 0.241 e. The van der Waals surface area contributed by atoms with Gasteiger partial charge in [0.15, 0.2) is 0 Å². The molecule has 0 radical (unpaired) electrons. The molecule has 0 aromatic heterocycles. The van der Waals surface area contributed by atoms with E-state index >= 15 is 0 Å². The molecule has 1 N–H and O–H groups in total. The summed E-state index contributed by atoms with van der Waals surface area (Å²) >= 11 is 11.7. The fourth-order valence-electron chi connectivity index (χ4n) is 1.44. The molecule has 1 rings (SSSR count). The summed E-state index contributed by atoms with van der Waals surface area (Å²) in [7, 11) is 1.81. The first-order valence-electron chi connectivity index (χ1n) is 5.97. The minimum atomic E-state index is 0.0644. The molecule has 1 amide bonds. The highest BCUT2D eigenvalue weighted by Crippen LogP contribution is 2.24. The van der Waals surface area contributed by atoms with Gasteiger partial charge in [-0.05, 0) is 24.6 Å². The molecule has 0 saturated heterocycles. The number of carbonyl (C=O) groups excluding carboxylic acids is 1. The van der Waals surface area contributed by atoms with Crippen LogP contribution < -0.4 is 5.32 Å². The number of nitrogens with one attached hydrogen (secondary N) is 1. The molecular weight excluding hydrogens is 271 g/mol. The Balaban J connectivity index is 2.44. The standard InChI is InChI=1S/C13H18Cl2N2O/c1-3-4-7-17(2)13(18)9-16-10-5-6-11(14)12(15)8-10/h5-6,8,16H,3-4,7,9H2,1-2H3. The normalized spacial score (nSPS) is 10.2. The molecule has 3 nitrogen and oxygen atoms in total. The van der Waals surface area contributed by atoms with E-state index in [9.17, 15) is 4.79 Å². The van der Waals surface area contributed by atoms with Crippen molar-refractivity contribution in [3.8, 4) is 0 Å². The summed E-state index contributed by atoms with van der Waals surface area (Å²) < 4.78 is 0. The van der Waals surface area contributed by atoms with Crippen LogP contribution in [0.3, 0.4) is 0 Å². The number of amides is 1. The van der Waals surface area contributed by atoms with Crippen LogP contribution in [0.25, 0.3) is 0 Å². The van der Waals surface area contributed by atoms with Crippen LogP contribution in [0.5, 0.6) is 0 Å². The Bertz CT molecular complexity index is 410. The zero-order valence-electron chi connectivity index (χ0n) is 10.7. The number of anilines is 1. The van der Waals surface area contributed by atoms with Gasteiger partial charge in [0.05, 0.1) is 16.6 Å².